The number of fused-ring (bicyclic) bond motifs is 1. The van der Waals surface area contributed by atoms with E-state index in [1.165, 1.54) is 22.0 Å². The van der Waals surface area contributed by atoms with Crippen LogP contribution in [0.4, 0.5) is 0 Å². The van der Waals surface area contributed by atoms with Crippen LogP contribution in [0.3, 0.4) is 0 Å². The minimum absolute atomic E-state index is 0.0327. The monoisotopic (exact) mass is 200 g/mol. The molecule has 1 aromatic carbocycles. The predicted molar refractivity (Wildman–Crippen MR) is 64.9 cm³/mol. The highest BCUT2D eigenvalue weighted by molar-refractivity contribution is 5.83. The molecule has 2 nitrogen and oxygen atoms in total. The van der Waals surface area contributed by atoms with Gasteiger partial charge in [0.25, 0.3) is 0 Å². The molecule has 0 radical (unpaired) electrons. The van der Waals surface area contributed by atoms with Gasteiger partial charge >= 0.3 is 0 Å². The van der Waals surface area contributed by atoms with Crippen LogP contribution in [0.5, 0.6) is 0 Å². The molecule has 2 heteroatoms. The summed E-state index contributed by atoms with van der Waals surface area (Å²) in [6.45, 7) is 5.79. The Morgan fingerprint density at radius 2 is 2.33 bits per heavy atom. The van der Waals surface area contributed by atoms with Gasteiger partial charge in [0.15, 0.2) is 0 Å². The Kier molecular flexibility index (Phi) is 2.60. The van der Waals surface area contributed by atoms with Gasteiger partial charge in [-0.05, 0) is 30.5 Å². The van der Waals surface area contributed by atoms with Crippen molar-refractivity contribution in [3.63, 3.8) is 0 Å². The van der Waals surface area contributed by atoms with Crippen molar-refractivity contribution in [2.45, 2.75) is 19.4 Å². The van der Waals surface area contributed by atoms with Crippen molar-refractivity contribution in [3.8, 4) is 0 Å². The second-order valence-corrected chi connectivity index (χ2v) is 3.97. The minimum atomic E-state index is 0.0327. The first-order valence-corrected chi connectivity index (χ1v) is 5.15. The summed E-state index contributed by atoms with van der Waals surface area (Å²) in [6, 6.07) is 6.45. The summed E-state index contributed by atoms with van der Waals surface area (Å²) in [5.41, 5.74) is 9.56. The lowest BCUT2D eigenvalue weighted by molar-refractivity contribution is 0.816. The van der Waals surface area contributed by atoms with Crippen molar-refractivity contribution >= 4 is 10.9 Å². The Morgan fingerprint density at radius 3 is 3.07 bits per heavy atom. The number of H-pyrrole nitrogens is 1. The highest BCUT2D eigenvalue weighted by Gasteiger charge is 2.06. The van der Waals surface area contributed by atoms with Gasteiger partial charge in [0.2, 0.25) is 0 Å². The number of nitrogens with two attached hydrogens (primary N) is 1. The lowest BCUT2D eigenvalue weighted by Gasteiger charge is -2.04. The van der Waals surface area contributed by atoms with Crippen molar-refractivity contribution < 1.29 is 0 Å². The Labute approximate surface area is 89.8 Å². The quantitative estimate of drug-likeness (QED) is 0.734. The first kappa shape index (κ1) is 9.99. The van der Waals surface area contributed by atoms with E-state index in [-0.39, 0.29) is 6.04 Å². The molecule has 0 aliphatic heterocycles. The fourth-order valence-electron chi connectivity index (χ4n) is 1.81. The molecule has 0 spiro atoms. The third kappa shape index (κ3) is 1.95. The van der Waals surface area contributed by atoms with Crippen LogP contribution in [0.1, 0.15) is 11.1 Å². The minimum Gasteiger partial charge on any atom is -0.361 e. The zero-order valence-electron chi connectivity index (χ0n) is 8.96. The number of nitrogens with one attached hydrogen (secondary N) is 1. The maximum atomic E-state index is 5.85. The Hall–Kier alpha value is -1.54. The third-order valence-corrected chi connectivity index (χ3v) is 2.68. The van der Waals surface area contributed by atoms with Gasteiger partial charge in [0.05, 0.1) is 0 Å². The Balaban J connectivity index is 2.40. The molecule has 15 heavy (non-hydrogen) atoms. The number of aryl methyl sites for hydroxylation is 1. The number of aromatic amines is 1. The standard InChI is InChI=1S/C13H16N2/c1-3-11(14)7-10-8-15-13-6-9(2)4-5-12(10)13/h3-6,8,11,15H,1,7,14H2,2H3. The summed E-state index contributed by atoms with van der Waals surface area (Å²) in [6.07, 6.45) is 4.66. The molecule has 1 atom stereocenters. The topological polar surface area (TPSA) is 41.8 Å². The van der Waals surface area contributed by atoms with Gasteiger partial charge in [0, 0.05) is 23.1 Å². The molecular formula is C13H16N2. The van der Waals surface area contributed by atoms with Gasteiger partial charge < -0.3 is 10.7 Å². The highest BCUT2D eigenvalue weighted by Crippen LogP contribution is 2.20. The molecule has 0 aliphatic carbocycles. The average molecular weight is 200 g/mol. The van der Waals surface area contributed by atoms with Crippen LogP contribution in [0.2, 0.25) is 0 Å². The molecule has 1 aromatic heterocycles. The molecule has 0 aliphatic rings. The molecule has 0 amide bonds. The summed E-state index contributed by atoms with van der Waals surface area (Å²) in [7, 11) is 0. The van der Waals surface area contributed by atoms with Gasteiger partial charge in [-0.1, -0.05) is 18.2 Å². The first-order chi connectivity index (χ1) is 7.20. The first-order valence-electron chi connectivity index (χ1n) is 5.15. The SMILES string of the molecule is C=CC(N)Cc1c[nH]c2cc(C)ccc12. The summed E-state index contributed by atoms with van der Waals surface area (Å²) in [5.74, 6) is 0. The van der Waals surface area contributed by atoms with Crippen LogP contribution in [-0.2, 0) is 6.42 Å². The zero-order valence-corrected chi connectivity index (χ0v) is 8.96. The summed E-state index contributed by atoms with van der Waals surface area (Å²) in [5, 5.41) is 1.26. The number of hydrogen-bond acceptors (Lipinski definition) is 1. The van der Waals surface area contributed by atoms with E-state index in [0.717, 1.165) is 6.42 Å². The second kappa shape index (κ2) is 3.91. The van der Waals surface area contributed by atoms with Gasteiger partial charge in [-0.15, -0.1) is 6.58 Å². The van der Waals surface area contributed by atoms with Crippen molar-refractivity contribution in [2.24, 2.45) is 5.73 Å². The molecule has 0 saturated carbocycles. The molecular weight excluding hydrogens is 184 g/mol. The van der Waals surface area contributed by atoms with Gasteiger partial charge in [0.1, 0.15) is 0 Å². The van der Waals surface area contributed by atoms with E-state index in [2.05, 4.69) is 36.7 Å². The number of aromatic nitrogens is 1. The largest absolute Gasteiger partial charge is 0.361 e. The number of benzene rings is 1. The van der Waals surface area contributed by atoms with E-state index in [9.17, 15) is 0 Å². The fourth-order valence-corrected chi connectivity index (χ4v) is 1.81. The highest BCUT2D eigenvalue weighted by atomic mass is 14.7. The summed E-state index contributed by atoms with van der Waals surface area (Å²) in [4.78, 5) is 3.27. The molecule has 2 aromatic rings. The molecule has 1 heterocycles. The van der Waals surface area contributed by atoms with Gasteiger partial charge in [-0.25, -0.2) is 0 Å². The number of rotatable bonds is 3. The Bertz CT molecular complexity index is 482. The van der Waals surface area contributed by atoms with E-state index in [0.29, 0.717) is 0 Å². The van der Waals surface area contributed by atoms with Gasteiger partial charge in [-0.3, -0.25) is 0 Å². The fraction of sp³-hybridized carbons (Fsp3) is 0.231. The van der Waals surface area contributed by atoms with Crippen LogP contribution in [-0.4, -0.2) is 11.0 Å². The van der Waals surface area contributed by atoms with Crippen molar-refractivity contribution in [3.05, 3.63) is 48.2 Å². The van der Waals surface area contributed by atoms with Crippen molar-refractivity contribution in [2.75, 3.05) is 0 Å². The molecule has 2 rings (SSSR count). The maximum Gasteiger partial charge on any atom is 0.0459 e. The molecule has 78 valence electrons. The molecule has 3 N–H and O–H groups in total. The summed E-state index contributed by atoms with van der Waals surface area (Å²) >= 11 is 0. The summed E-state index contributed by atoms with van der Waals surface area (Å²) < 4.78 is 0. The Morgan fingerprint density at radius 1 is 1.53 bits per heavy atom. The third-order valence-electron chi connectivity index (χ3n) is 2.68. The molecule has 1 unspecified atom stereocenters. The normalized spacial score (nSPS) is 12.9. The van der Waals surface area contributed by atoms with Crippen LogP contribution >= 0.6 is 0 Å². The van der Waals surface area contributed by atoms with E-state index in [4.69, 9.17) is 5.73 Å². The average Bonchev–Trinajstić information content (AvgIpc) is 2.60. The van der Waals surface area contributed by atoms with Crippen LogP contribution in [0.25, 0.3) is 10.9 Å². The predicted octanol–water partition coefficient (Wildman–Crippen LogP) is 2.53. The smallest absolute Gasteiger partial charge is 0.0459 e. The lowest BCUT2D eigenvalue weighted by Crippen LogP contribution is -2.18. The van der Waals surface area contributed by atoms with Crippen molar-refractivity contribution in [1.82, 2.24) is 4.98 Å². The van der Waals surface area contributed by atoms with E-state index in [1.54, 1.807) is 6.08 Å². The molecule has 0 fully saturated rings. The molecule has 0 saturated heterocycles. The maximum absolute atomic E-state index is 5.85. The van der Waals surface area contributed by atoms with Crippen LogP contribution in [0, 0.1) is 6.92 Å². The lowest BCUT2D eigenvalue weighted by atomic mass is 10.0. The molecule has 0 bridgehead atoms. The van der Waals surface area contributed by atoms with E-state index in [1.807, 2.05) is 6.20 Å². The van der Waals surface area contributed by atoms with Gasteiger partial charge in [-0.2, -0.15) is 0 Å². The van der Waals surface area contributed by atoms with Crippen molar-refractivity contribution in [1.29, 1.82) is 0 Å². The number of hydrogen-bond donors (Lipinski definition) is 2. The van der Waals surface area contributed by atoms with Crippen LogP contribution in [0.15, 0.2) is 37.1 Å². The van der Waals surface area contributed by atoms with E-state index >= 15 is 0 Å². The van der Waals surface area contributed by atoms with E-state index < -0.39 is 0 Å². The zero-order chi connectivity index (χ0) is 10.8. The van der Waals surface area contributed by atoms with Crippen LogP contribution < -0.4 is 5.73 Å². The second-order valence-electron chi connectivity index (χ2n) is 3.97.